The predicted molar refractivity (Wildman–Crippen MR) is 65.7 cm³/mol. The van der Waals surface area contributed by atoms with E-state index in [4.69, 9.17) is 5.11 Å². The average molecular weight is 362 g/mol. The molecule has 2 aromatic rings. The molecule has 0 saturated carbocycles. The molecule has 0 aliphatic carbocycles. The normalized spacial score (nSPS) is 10.5. The molecule has 0 atom stereocenters. The zero-order valence-corrected chi connectivity index (χ0v) is 11.5. The molecule has 0 aliphatic rings. The van der Waals surface area contributed by atoms with E-state index in [0.717, 1.165) is 10.0 Å². The van der Waals surface area contributed by atoms with Gasteiger partial charge >= 0.3 is 5.97 Å². The van der Waals surface area contributed by atoms with Gasteiger partial charge in [0.25, 0.3) is 0 Å². The van der Waals surface area contributed by atoms with E-state index in [-0.39, 0.29) is 5.56 Å². The quantitative estimate of drug-likeness (QED) is 0.903. The highest BCUT2D eigenvalue weighted by Crippen LogP contribution is 2.29. The van der Waals surface area contributed by atoms with Crippen LogP contribution in [0.2, 0.25) is 0 Å². The first kappa shape index (κ1) is 12.2. The van der Waals surface area contributed by atoms with Crippen LogP contribution in [0.25, 0.3) is 0 Å². The summed E-state index contributed by atoms with van der Waals surface area (Å²) in [7, 11) is 0. The molecule has 0 amide bonds. The van der Waals surface area contributed by atoms with Gasteiger partial charge in [-0.15, -0.1) is 5.10 Å². The first-order chi connectivity index (χ1) is 8.09. The van der Waals surface area contributed by atoms with Crippen LogP contribution in [0.5, 0.6) is 0 Å². The highest BCUT2D eigenvalue weighted by molar-refractivity contribution is 9.11. The Morgan fingerprint density at radius 1 is 1.41 bits per heavy atom. The van der Waals surface area contributed by atoms with E-state index in [2.05, 4.69) is 47.4 Å². The second kappa shape index (κ2) is 4.92. The van der Waals surface area contributed by atoms with Gasteiger partial charge in [0.1, 0.15) is 6.33 Å². The van der Waals surface area contributed by atoms with Crippen molar-refractivity contribution in [3.8, 4) is 0 Å². The molecule has 0 fully saturated rings. The lowest BCUT2D eigenvalue weighted by Gasteiger charge is -2.09. The lowest BCUT2D eigenvalue weighted by molar-refractivity contribution is 0.0695. The fourth-order valence-corrected chi connectivity index (χ4v) is 2.69. The summed E-state index contributed by atoms with van der Waals surface area (Å²) in [4.78, 5) is 11.0. The summed E-state index contributed by atoms with van der Waals surface area (Å²) in [6, 6.07) is 3.22. The van der Waals surface area contributed by atoms with Gasteiger partial charge in [-0.2, -0.15) is 0 Å². The third-order valence-electron chi connectivity index (χ3n) is 2.13. The second-order valence-corrected chi connectivity index (χ2v) is 4.85. The summed E-state index contributed by atoms with van der Waals surface area (Å²) in [5.74, 6) is -0.984. The summed E-state index contributed by atoms with van der Waals surface area (Å²) in [5, 5.41) is 19.8. The molecule has 0 unspecified atom stereocenters. The molecule has 1 heterocycles. The molecule has 88 valence electrons. The van der Waals surface area contributed by atoms with E-state index in [0.29, 0.717) is 11.0 Å². The molecule has 1 aromatic heterocycles. The zero-order valence-electron chi connectivity index (χ0n) is 8.34. The van der Waals surface area contributed by atoms with E-state index in [9.17, 15) is 4.79 Å². The van der Waals surface area contributed by atoms with Crippen LogP contribution < -0.4 is 0 Å². The number of aromatic carboxylic acids is 1. The molecule has 1 N–H and O–H groups in total. The van der Waals surface area contributed by atoms with Crippen LogP contribution in [0, 0.1) is 0 Å². The third-order valence-corrected chi connectivity index (χ3v) is 3.78. The molecule has 1 aromatic carbocycles. The first-order valence-electron chi connectivity index (χ1n) is 4.50. The largest absolute Gasteiger partial charge is 0.478 e. The van der Waals surface area contributed by atoms with Gasteiger partial charge in [0.2, 0.25) is 0 Å². The molecule has 0 spiro atoms. The van der Waals surface area contributed by atoms with Gasteiger partial charge in [0.15, 0.2) is 0 Å². The molecule has 0 aliphatic heterocycles. The van der Waals surface area contributed by atoms with Crippen LogP contribution in [-0.2, 0) is 6.54 Å². The summed E-state index contributed by atoms with van der Waals surface area (Å²) in [6.45, 7) is 0.384. The first-order valence-corrected chi connectivity index (χ1v) is 6.09. The van der Waals surface area contributed by atoms with Crippen LogP contribution in [-0.4, -0.2) is 31.3 Å². The van der Waals surface area contributed by atoms with Crippen molar-refractivity contribution in [2.75, 3.05) is 0 Å². The van der Waals surface area contributed by atoms with Crippen molar-refractivity contribution in [2.45, 2.75) is 6.54 Å². The number of halogens is 2. The van der Waals surface area contributed by atoms with Crippen LogP contribution in [0.4, 0.5) is 0 Å². The lowest BCUT2D eigenvalue weighted by Crippen LogP contribution is -2.06. The van der Waals surface area contributed by atoms with Gasteiger partial charge in [0.05, 0.1) is 12.1 Å². The van der Waals surface area contributed by atoms with Gasteiger partial charge in [0, 0.05) is 14.5 Å². The molecule has 6 nitrogen and oxygen atoms in total. The average Bonchev–Trinajstić information content (AvgIpc) is 2.76. The number of hydrogen-bond acceptors (Lipinski definition) is 4. The van der Waals surface area contributed by atoms with Gasteiger partial charge < -0.3 is 5.11 Å². The Kier molecular flexibility index (Phi) is 3.53. The van der Waals surface area contributed by atoms with Crippen molar-refractivity contribution >= 4 is 37.8 Å². The topological polar surface area (TPSA) is 80.9 Å². The van der Waals surface area contributed by atoms with E-state index >= 15 is 0 Å². The van der Waals surface area contributed by atoms with E-state index in [1.165, 1.54) is 17.1 Å². The summed E-state index contributed by atoms with van der Waals surface area (Å²) in [5.41, 5.74) is 0.980. The summed E-state index contributed by atoms with van der Waals surface area (Å²) >= 11 is 6.66. The standard InChI is InChI=1S/C9H6Br2N4O2/c10-7-2-1-5(9(16)17)8(11)6(7)3-15-4-12-13-14-15/h1-2,4H,3H2,(H,16,17). The molecule has 2 rings (SSSR count). The fourth-order valence-electron chi connectivity index (χ4n) is 1.32. The Bertz CT molecular complexity index is 556. The molecule has 0 bridgehead atoms. The number of hydrogen-bond donors (Lipinski definition) is 1. The van der Waals surface area contributed by atoms with Gasteiger partial charge in [-0.25, -0.2) is 9.48 Å². The van der Waals surface area contributed by atoms with E-state index < -0.39 is 5.97 Å². The number of aromatic nitrogens is 4. The van der Waals surface area contributed by atoms with Gasteiger partial charge in [-0.3, -0.25) is 0 Å². The predicted octanol–water partition coefficient (Wildman–Crippen LogP) is 1.94. The van der Waals surface area contributed by atoms with Crippen molar-refractivity contribution in [1.82, 2.24) is 20.2 Å². The SMILES string of the molecule is O=C(O)c1ccc(Br)c(Cn2cnnn2)c1Br. The van der Waals surface area contributed by atoms with Crippen molar-refractivity contribution in [3.05, 3.63) is 38.5 Å². The monoisotopic (exact) mass is 360 g/mol. The number of carbonyl (C=O) groups is 1. The molecular formula is C9H6Br2N4O2. The zero-order chi connectivity index (χ0) is 12.4. The number of tetrazole rings is 1. The number of nitrogens with zero attached hydrogens (tertiary/aromatic N) is 4. The number of carboxylic acid groups (broad SMARTS) is 1. The molecule has 0 radical (unpaired) electrons. The van der Waals surface area contributed by atoms with E-state index in [1.807, 2.05) is 0 Å². The van der Waals surface area contributed by atoms with Crippen molar-refractivity contribution < 1.29 is 9.90 Å². The Hall–Kier alpha value is -1.28. The van der Waals surface area contributed by atoms with Crippen molar-refractivity contribution in [2.24, 2.45) is 0 Å². The second-order valence-electron chi connectivity index (χ2n) is 3.20. The summed E-state index contributed by atoms with van der Waals surface area (Å²) in [6.07, 6.45) is 1.46. The minimum Gasteiger partial charge on any atom is -0.478 e. The van der Waals surface area contributed by atoms with Crippen molar-refractivity contribution in [1.29, 1.82) is 0 Å². The Morgan fingerprint density at radius 2 is 2.18 bits per heavy atom. The molecular weight excluding hydrogens is 356 g/mol. The third kappa shape index (κ3) is 2.52. The highest BCUT2D eigenvalue weighted by Gasteiger charge is 2.15. The fraction of sp³-hybridized carbons (Fsp3) is 0.111. The van der Waals surface area contributed by atoms with Crippen molar-refractivity contribution in [3.63, 3.8) is 0 Å². The maximum atomic E-state index is 11.0. The molecule has 0 saturated heterocycles. The smallest absolute Gasteiger partial charge is 0.336 e. The minimum atomic E-state index is -0.984. The van der Waals surface area contributed by atoms with Crippen LogP contribution in [0.15, 0.2) is 27.4 Å². The Morgan fingerprint density at radius 3 is 2.76 bits per heavy atom. The number of carboxylic acids is 1. The minimum absolute atomic E-state index is 0.205. The van der Waals surface area contributed by atoms with Gasteiger partial charge in [-0.1, -0.05) is 15.9 Å². The molecule has 17 heavy (non-hydrogen) atoms. The Labute approximate surface area is 113 Å². The van der Waals surface area contributed by atoms with Crippen LogP contribution in [0.1, 0.15) is 15.9 Å². The number of benzene rings is 1. The summed E-state index contributed by atoms with van der Waals surface area (Å²) < 4.78 is 2.83. The maximum absolute atomic E-state index is 11.0. The molecule has 8 heteroatoms. The Balaban J connectivity index is 2.45. The number of rotatable bonds is 3. The van der Waals surface area contributed by atoms with E-state index in [1.54, 1.807) is 6.07 Å². The maximum Gasteiger partial charge on any atom is 0.336 e. The van der Waals surface area contributed by atoms with Crippen LogP contribution in [0.3, 0.4) is 0 Å². The highest BCUT2D eigenvalue weighted by atomic mass is 79.9. The lowest BCUT2D eigenvalue weighted by atomic mass is 10.1. The van der Waals surface area contributed by atoms with Gasteiger partial charge in [-0.05, 0) is 38.5 Å². The van der Waals surface area contributed by atoms with Crippen LogP contribution >= 0.6 is 31.9 Å².